The third kappa shape index (κ3) is 6.49. The van der Waals surface area contributed by atoms with Crippen LogP contribution in [0.15, 0.2) is 47.8 Å². The molecule has 0 amide bonds. The fourth-order valence-electron chi connectivity index (χ4n) is 4.49. The minimum absolute atomic E-state index is 0.0154. The Balaban J connectivity index is 1.33. The molecule has 1 aliphatic rings. The van der Waals surface area contributed by atoms with Crippen molar-refractivity contribution in [3.8, 4) is 0 Å². The van der Waals surface area contributed by atoms with Gasteiger partial charge in [-0.05, 0) is 70.6 Å². The van der Waals surface area contributed by atoms with E-state index in [4.69, 9.17) is 9.82 Å². The molecular weight excluding hydrogens is 452 g/mol. The van der Waals surface area contributed by atoms with Crippen LogP contribution in [0.3, 0.4) is 0 Å². The van der Waals surface area contributed by atoms with Crippen LogP contribution in [-0.4, -0.2) is 50.5 Å². The molecule has 3 aromatic rings. The van der Waals surface area contributed by atoms with Crippen LogP contribution in [0.2, 0.25) is 0 Å². The number of anilines is 1. The molecule has 0 aliphatic carbocycles. The third-order valence-electron chi connectivity index (χ3n) is 6.91. The van der Waals surface area contributed by atoms with Gasteiger partial charge in [0.1, 0.15) is 5.69 Å². The standard InChI is InChI=1S/C28H38N6O2/c1-20-16-28-26(29-22(20)3)12-8-9-14-33(28)15-13-21(2)31-36-23(4)27-18-34(32-30-27)25(19-35)17-24-10-6-5-7-11-24/h5-7,10-11,16,18,23,25,35H,8-9,12-15,17,19H2,1-4H3. The van der Waals surface area contributed by atoms with E-state index in [9.17, 15) is 5.11 Å². The van der Waals surface area contributed by atoms with Crippen molar-refractivity contribution >= 4 is 11.4 Å². The van der Waals surface area contributed by atoms with Crippen molar-refractivity contribution in [2.24, 2.45) is 5.16 Å². The second-order valence-corrected chi connectivity index (χ2v) is 9.77. The van der Waals surface area contributed by atoms with Gasteiger partial charge in [-0.15, -0.1) is 5.10 Å². The largest absolute Gasteiger partial charge is 0.394 e. The molecule has 8 nitrogen and oxygen atoms in total. The second kappa shape index (κ2) is 12.1. The quantitative estimate of drug-likeness (QED) is 0.326. The van der Waals surface area contributed by atoms with Gasteiger partial charge in [0.25, 0.3) is 0 Å². The monoisotopic (exact) mass is 490 g/mol. The van der Waals surface area contributed by atoms with Crippen molar-refractivity contribution in [1.82, 2.24) is 20.0 Å². The summed E-state index contributed by atoms with van der Waals surface area (Å²) < 4.78 is 1.72. The van der Waals surface area contributed by atoms with Gasteiger partial charge < -0.3 is 14.8 Å². The van der Waals surface area contributed by atoms with Crippen molar-refractivity contribution in [2.45, 2.75) is 71.9 Å². The molecule has 1 N–H and O–H groups in total. The molecule has 1 aromatic carbocycles. The number of fused-ring (bicyclic) bond motifs is 1. The first-order chi connectivity index (χ1) is 17.4. The molecule has 2 unspecified atom stereocenters. The van der Waals surface area contributed by atoms with Crippen LogP contribution >= 0.6 is 0 Å². The van der Waals surface area contributed by atoms with Gasteiger partial charge in [-0.25, -0.2) is 4.68 Å². The van der Waals surface area contributed by atoms with E-state index in [1.54, 1.807) is 4.68 Å². The first-order valence-corrected chi connectivity index (χ1v) is 12.9. The topological polar surface area (TPSA) is 88.7 Å². The summed E-state index contributed by atoms with van der Waals surface area (Å²) in [5, 5.41) is 22.8. The number of oxime groups is 1. The van der Waals surface area contributed by atoms with Crippen molar-refractivity contribution in [3.05, 3.63) is 70.8 Å². The van der Waals surface area contributed by atoms with E-state index in [-0.39, 0.29) is 18.8 Å². The molecule has 8 heteroatoms. The van der Waals surface area contributed by atoms with Gasteiger partial charge in [0.2, 0.25) is 0 Å². The van der Waals surface area contributed by atoms with Crippen molar-refractivity contribution in [1.29, 1.82) is 0 Å². The molecule has 0 saturated carbocycles. The van der Waals surface area contributed by atoms with E-state index in [0.29, 0.717) is 12.1 Å². The highest BCUT2D eigenvalue weighted by Gasteiger charge is 2.19. The van der Waals surface area contributed by atoms with E-state index in [2.05, 4.69) is 40.3 Å². The van der Waals surface area contributed by atoms with Gasteiger partial charge in [0, 0.05) is 25.2 Å². The molecule has 0 fully saturated rings. The molecule has 0 bridgehead atoms. The Morgan fingerprint density at radius 3 is 2.78 bits per heavy atom. The third-order valence-corrected chi connectivity index (χ3v) is 6.91. The molecule has 0 saturated heterocycles. The fourth-order valence-corrected chi connectivity index (χ4v) is 4.49. The molecular formula is C28H38N6O2. The number of nitrogens with zero attached hydrogens (tertiary/aromatic N) is 6. The SMILES string of the molecule is CC(CCN1CCCCc2nc(C)c(C)cc21)=NOC(C)c1cn(C(CO)Cc2ccccc2)nn1. The molecule has 4 rings (SSSR count). The highest BCUT2D eigenvalue weighted by molar-refractivity contribution is 5.81. The van der Waals surface area contributed by atoms with Crippen LogP contribution in [0.4, 0.5) is 5.69 Å². The number of aliphatic hydroxyl groups is 1. The fraction of sp³-hybridized carbons (Fsp3) is 0.500. The lowest BCUT2D eigenvalue weighted by molar-refractivity contribution is 0.0685. The van der Waals surface area contributed by atoms with Gasteiger partial charge in [0.15, 0.2) is 6.10 Å². The summed E-state index contributed by atoms with van der Waals surface area (Å²) >= 11 is 0. The van der Waals surface area contributed by atoms with Crippen LogP contribution in [0, 0.1) is 13.8 Å². The van der Waals surface area contributed by atoms with Crippen molar-refractivity contribution in [3.63, 3.8) is 0 Å². The number of benzene rings is 1. The predicted molar refractivity (Wildman–Crippen MR) is 142 cm³/mol. The summed E-state index contributed by atoms with van der Waals surface area (Å²) in [6, 6.07) is 12.2. The molecule has 36 heavy (non-hydrogen) atoms. The van der Waals surface area contributed by atoms with Crippen LogP contribution in [-0.2, 0) is 17.7 Å². The maximum Gasteiger partial charge on any atom is 0.169 e. The van der Waals surface area contributed by atoms with E-state index in [0.717, 1.165) is 42.9 Å². The first-order valence-electron chi connectivity index (χ1n) is 12.9. The minimum atomic E-state index is -0.335. The highest BCUT2D eigenvalue weighted by atomic mass is 16.6. The zero-order chi connectivity index (χ0) is 25.5. The summed E-state index contributed by atoms with van der Waals surface area (Å²) in [6.07, 6.45) is 6.40. The van der Waals surface area contributed by atoms with Crippen LogP contribution < -0.4 is 4.90 Å². The number of aliphatic hydroxyl groups excluding tert-OH is 1. The summed E-state index contributed by atoms with van der Waals surface area (Å²) in [7, 11) is 0. The average Bonchev–Trinajstić information content (AvgIpc) is 3.30. The molecule has 0 spiro atoms. The van der Waals surface area contributed by atoms with Crippen molar-refractivity contribution < 1.29 is 9.94 Å². The summed E-state index contributed by atoms with van der Waals surface area (Å²) in [4.78, 5) is 13.1. The lowest BCUT2D eigenvalue weighted by Gasteiger charge is -2.25. The number of pyridine rings is 1. The Labute approximate surface area is 214 Å². The van der Waals surface area contributed by atoms with E-state index < -0.39 is 0 Å². The van der Waals surface area contributed by atoms with Gasteiger partial charge in [0.05, 0.1) is 35.9 Å². The Bertz CT molecular complexity index is 1160. The Morgan fingerprint density at radius 2 is 2.00 bits per heavy atom. The van der Waals surface area contributed by atoms with Gasteiger partial charge >= 0.3 is 0 Å². The first kappa shape index (κ1) is 25.8. The average molecular weight is 491 g/mol. The smallest absolute Gasteiger partial charge is 0.169 e. The molecule has 2 atom stereocenters. The van der Waals surface area contributed by atoms with Crippen LogP contribution in [0.1, 0.15) is 73.5 Å². The van der Waals surface area contributed by atoms with Crippen LogP contribution in [0.25, 0.3) is 0 Å². The molecule has 192 valence electrons. The molecule has 1 aliphatic heterocycles. The van der Waals surface area contributed by atoms with Gasteiger partial charge in [-0.1, -0.05) is 40.7 Å². The number of aromatic nitrogens is 4. The van der Waals surface area contributed by atoms with E-state index in [1.807, 2.05) is 50.4 Å². The van der Waals surface area contributed by atoms with Crippen LogP contribution in [0.5, 0.6) is 0 Å². The summed E-state index contributed by atoms with van der Waals surface area (Å²) in [5.74, 6) is 0. The maximum atomic E-state index is 9.89. The predicted octanol–water partition coefficient (Wildman–Crippen LogP) is 4.75. The number of hydrogen-bond acceptors (Lipinski definition) is 7. The van der Waals surface area contributed by atoms with Gasteiger partial charge in [-0.2, -0.15) is 0 Å². The number of aryl methyl sites for hydroxylation is 3. The van der Waals surface area contributed by atoms with Crippen molar-refractivity contribution in [2.75, 3.05) is 24.6 Å². The molecule has 3 heterocycles. The zero-order valence-electron chi connectivity index (χ0n) is 21.9. The number of hydrogen-bond donors (Lipinski definition) is 1. The van der Waals surface area contributed by atoms with E-state index >= 15 is 0 Å². The zero-order valence-corrected chi connectivity index (χ0v) is 21.9. The minimum Gasteiger partial charge on any atom is -0.394 e. The Hall–Kier alpha value is -3.26. The number of rotatable bonds is 10. The van der Waals surface area contributed by atoms with E-state index in [1.165, 1.54) is 29.8 Å². The summed E-state index contributed by atoms with van der Waals surface area (Å²) in [6.45, 7) is 10.1. The molecule has 0 radical (unpaired) electrons. The second-order valence-electron chi connectivity index (χ2n) is 9.77. The lowest BCUT2D eigenvalue weighted by Crippen LogP contribution is -2.27. The normalized spacial score (nSPS) is 15.8. The highest BCUT2D eigenvalue weighted by Crippen LogP contribution is 2.27. The molecule has 2 aromatic heterocycles. The summed E-state index contributed by atoms with van der Waals surface area (Å²) in [5.41, 5.74) is 7.62. The Kier molecular flexibility index (Phi) is 8.70. The Morgan fingerprint density at radius 1 is 1.19 bits per heavy atom. The van der Waals surface area contributed by atoms with Gasteiger partial charge in [-0.3, -0.25) is 4.98 Å². The maximum absolute atomic E-state index is 9.89. The lowest BCUT2D eigenvalue weighted by atomic mass is 10.1.